The fraction of sp³-hybridized carbons (Fsp3) is 0.417. The minimum Gasteiger partial charge on any atom is -0.477 e. The highest BCUT2D eigenvalue weighted by molar-refractivity contribution is 5.87. The van der Waals surface area contributed by atoms with Gasteiger partial charge in [0.2, 0.25) is 11.8 Å². The maximum Gasteiger partial charge on any atom is 0.352 e. The Hall–Kier alpha value is -2.31. The Morgan fingerprint density at radius 3 is 2.68 bits per heavy atom. The van der Waals surface area contributed by atoms with Gasteiger partial charge in [0.25, 0.3) is 0 Å². The van der Waals surface area contributed by atoms with Crippen LogP contribution >= 0.6 is 0 Å². The Balaban J connectivity index is 2.56. The van der Waals surface area contributed by atoms with Gasteiger partial charge in [0.15, 0.2) is 0 Å². The predicted molar refractivity (Wildman–Crippen MR) is 67.7 cm³/mol. The highest BCUT2D eigenvalue weighted by Gasteiger charge is 2.14. The number of rotatable bonds is 6. The van der Waals surface area contributed by atoms with Gasteiger partial charge in [-0.15, -0.1) is 0 Å². The molecule has 0 atom stereocenters. The Morgan fingerprint density at radius 1 is 1.42 bits per heavy atom. The zero-order chi connectivity index (χ0) is 14.4. The number of carbonyl (C=O) groups is 3. The zero-order valence-corrected chi connectivity index (χ0v) is 10.9. The van der Waals surface area contributed by atoms with Crippen LogP contribution in [0.1, 0.15) is 16.9 Å². The quantitative estimate of drug-likeness (QED) is 0.745. The predicted octanol–water partition coefficient (Wildman–Crippen LogP) is -0.219. The van der Waals surface area contributed by atoms with Gasteiger partial charge < -0.3 is 19.9 Å². The second-order valence-electron chi connectivity index (χ2n) is 4.06. The molecule has 1 heterocycles. The zero-order valence-electron chi connectivity index (χ0n) is 10.9. The van der Waals surface area contributed by atoms with Crippen LogP contribution in [0.3, 0.4) is 0 Å². The molecule has 0 bridgehead atoms. The van der Waals surface area contributed by atoms with E-state index in [2.05, 4.69) is 5.32 Å². The van der Waals surface area contributed by atoms with E-state index in [1.165, 1.54) is 28.8 Å². The van der Waals surface area contributed by atoms with Crippen LogP contribution in [0.25, 0.3) is 0 Å². The summed E-state index contributed by atoms with van der Waals surface area (Å²) in [6.45, 7) is 0.237. The summed E-state index contributed by atoms with van der Waals surface area (Å²) in [5.74, 6) is -1.47. The molecule has 0 radical (unpaired) electrons. The number of aromatic carboxylic acids is 1. The Morgan fingerprint density at radius 2 is 2.11 bits per heavy atom. The topological polar surface area (TPSA) is 91.6 Å². The molecule has 1 rings (SSSR count). The van der Waals surface area contributed by atoms with Gasteiger partial charge in [-0.2, -0.15) is 0 Å². The largest absolute Gasteiger partial charge is 0.477 e. The number of hydrogen-bond donors (Lipinski definition) is 2. The Kier molecular flexibility index (Phi) is 5.11. The maximum absolute atomic E-state index is 11.9. The lowest BCUT2D eigenvalue weighted by Gasteiger charge is -2.17. The van der Waals surface area contributed by atoms with Crippen LogP contribution in [0.4, 0.5) is 0 Å². The van der Waals surface area contributed by atoms with Crippen molar-refractivity contribution in [2.24, 2.45) is 0 Å². The number of carbonyl (C=O) groups excluding carboxylic acids is 2. The minimum absolute atomic E-state index is 0.0567. The molecule has 0 saturated carbocycles. The van der Waals surface area contributed by atoms with Crippen molar-refractivity contribution in [1.29, 1.82) is 0 Å². The van der Waals surface area contributed by atoms with Crippen LogP contribution in [-0.4, -0.2) is 53.0 Å². The van der Waals surface area contributed by atoms with Crippen LogP contribution in [-0.2, 0) is 16.1 Å². The molecule has 0 aromatic carbocycles. The van der Waals surface area contributed by atoms with Gasteiger partial charge in [0, 0.05) is 33.3 Å². The van der Waals surface area contributed by atoms with E-state index in [1.807, 2.05) is 0 Å². The molecule has 7 heteroatoms. The molecule has 0 aliphatic rings. The molecule has 7 nitrogen and oxygen atoms in total. The summed E-state index contributed by atoms with van der Waals surface area (Å²) in [4.78, 5) is 35.2. The smallest absolute Gasteiger partial charge is 0.352 e. The lowest BCUT2D eigenvalue weighted by Crippen LogP contribution is -2.34. The fourth-order valence-corrected chi connectivity index (χ4v) is 1.53. The van der Waals surface area contributed by atoms with E-state index in [0.29, 0.717) is 6.54 Å². The van der Waals surface area contributed by atoms with Gasteiger partial charge in [-0.1, -0.05) is 0 Å². The van der Waals surface area contributed by atoms with E-state index >= 15 is 0 Å². The molecule has 0 fully saturated rings. The van der Waals surface area contributed by atoms with Crippen molar-refractivity contribution in [3.8, 4) is 0 Å². The number of carboxylic acid groups (broad SMARTS) is 1. The molecule has 0 aliphatic carbocycles. The van der Waals surface area contributed by atoms with Crippen molar-refractivity contribution in [1.82, 2.24) is 14.8 Å². The first-order valence-electron chi connectivity index (χ1n) is 5.78. The fourth-order valence-electron chi connectivity index (χ4n) is 1.53. The van der Waals surface area contributed by atoms with Crippen LogP contribution < -0.4 is 5.32 Å². The normalized spacial score (nSPS) is 10.0. The molecule has 19 heavy (non-hydrogen) atoms. The second kappa shape index (κ2) is 6.58. The van der Waals surface area contributed by atoms with Crippen molar-refractivity contribution < 1.29 is 19.5 Å². The SMILES string of the molecule is CNC(=O)CCN(C)C(=O)Cn1cccc1C(=O)O. The lowest BCUT2D eigenvalue weighted by atomic mass is 10.3. The van der Waals surface area contributed by atoms with E-state index in [1.54, 1.807) is 13.1 Å². The van der Waals surface area contributed by atoms with Crippen molar-refractivity contribution in [2.45, 2.75) is 13.0 Å². The summed E-state index contributed by atoms with van der Waals surface area (Å²) >= 11 is 0. The van der Waals surface area contributed by atoms with Gasteiger partial charge in [-0.25, -0.2) is 4.79 Å². The van der Waals surface area contributed by atoms with Gasteiger partial charge in [0.1, 0.15) is 12.2 Å². The molecule has 1 aromatic rings. The Bertz CT molecular complexity index is 481. The maximum atomic E-state index is 11.9. The number of likely N-dealkylation sites (N-methyl/N-ethyl adjacent to an activating group) is 1. The first-order chi connectivity index (χ1) is 8.95. The van der Waals surface area contributed by atoms with Crippen LogP contribution in [0.5, 0.6) is 0 Å². The number of nitrogens with zero attached hydrogens (tertiary/aromatic N) is 2. The molecule has 0 aliphatic heterocycles. The van der Waals surface area contributed by atoms with Gasteiger partial charge >= 0.3 is 5.97 Å². The molecule has 0 saturated heterocycles. The number of hydrogen-bond acceptors (Lipinski definition) is 3. The molecule has 2 amide bonds. The summed E-state index contributed by atoms with van der Waals surface area (Å²) < 4.78 is 1.36. The van der Waals surface area contributed by atoms with Crippen LogP contribution in [0.2, 0.25) is 0 Å². The van der Waals surface area contributed by atoms with Gasteiger partial charge in [-0.05, 0) is 12.1 Å². The second-order valence-corrected chi connectivity index (χ2v) is 4.06. The van der Waals surface area contributed by atoms with Gasteiger partial charge in [-0.3, -0.25) is 9.59 Å². The summed E-state index contributed by atoms with van der Waals surface area (Å²) in [5.41, 5.74) is 0.0630. The third kappa shape index (κ3) is 4.13. The van der Waals surface area contributed by atoms with E-state index in [9.17, 15) is 14.4 Å². The highest BCUT2D eigenvalue weighted by Crippen LogP contribution is 2.03. The lowest BCUT2D eigenvalue weighted by molar-refractivity contribution is -0.131. The number of nitrogens with one attached hydrogen (secondary N) is 1. The summed E-state index contributed by atoms with van der Waals surface area (Å²) in [7, 11) is 3.11. The summed E-state index contributed by atoms with van der Waals surface area (Å²) in [6.07, 6.45) is 1.75. The molecule has 2 N–H and O–H groups in total. The molecule has 0 unspecified atom stereocenters. The third-order valence-electron chi connectivity index (χ3n) is 2.73. The number of aromatic nitrogens is 1. The van der Waals surface area contributed by atoms with E-state index in [0.717, 1.165) is 0 Å². The third-order valence-corrected chi connectivity index (χ3v) is 2.73. The summed E-state index contributed by atoms with van der Waals surface area (Å²) in [6, 6.07) is 3.00. The summed E-state index contributed by atoms with van der Waals surface area (Å²) in [5, 5.41) is 11.4. The Labute approximate surface area is 110 Å². The standard InChI is InChI=1S/C12H17N3O4/c1-13-10(16)5-7-14(2)11(17)8-15-6-3-4-9(15)12(18)19/h3-4,6H,5,7-8H2,1-2H3,(H,13,16)(H,18,19). The molecule has 1 aromatic heterocycles. The van der Waals surface area contributed by atoms with Crippen molar-refractivity contribution in [2.75, 3.05) is 20.6 Å². The minimum atomic E-state index is -1.08. The molecule has 104 valence electrons. The van der Waals surface area contributed by atoms with E-state index in [-0.39, 0.29) is 30.5 Å². The van der Waals surface area contributed by atoms with Crippen molar-refractivity contribution in [3.05, 3.63) is 24.0 Å². The first kappa shape index (κ1) is 14.7. The monoisotopic (exact) mass is 267 g/mol. The average molecular weight is 267 g/mol. The number of carboxylic acids is 1. The molecular weight excluding hydrogens is 250 g/mol. The van der Waals surface area contributed by atoms with Crippen LogP contribution in [0, 0.1) is 0 Å². The van der Waals surface area contributed by atoms with Crippen LogP contribution in [0.15, 0.2) is 18.3 Å². The van der Waals surface area contributed by atoms with E-state index < -0.39 is 5.97 Å². The van der Waals surface area contributed by atoms with Crippen molar-refractivity contribution in [3.63, 3.8) is 0 Å². The molecule has 0 spiro atoms. The average Bonchev–Trinajstić information content (AvgIpc) is 2.83. The first-order valence-corrected chi connectivity index (χ1v) is 5.78. The molecular formula is C12H17N3O4. The van der Waals surface area contributed by atoms with Crippen molar-refractivity contribution >= 4 is 17.8 Å². The highest BCUT2D eigenvalue weighted by atomic mass is 16.4. The van der Waals surface area contributed by atoms with Gasteiger partial charge in [0.05, 0.1) is 0 Å². The van der Waals surface area contributed by atoms with E-state index in [4.69, 9.17) is 5.11 Å². The number of amides is 2.